The first-order chi connectivity index (χ1) is 23.5. The number of carbonyl (C=O) groups excluding carboxylic acids is 4. The molecule has 2 fully saturated rings. The summed E-state index contributed by atoms with van der Waals surface area (Å²) < 4.78 is 68.0. The van der Waals surface area contributed by atoms with Crippen molar-refractivity contribution in [2.24, 2.45) is 11.8 Å². The van der Waals surface area contributed by atoms with Crippen LogP contribution in [0.3, 0.4) is 0 Å². The lowest BCUT2D eigenvalue weighted by atomic mass is 10.1. The highest BCUT2D eigenvalue weighted by molar-refractivity contribution is 6.53. The molecule has 2 saturated carbocycles. The van der Waals surface area contributed by atoms with Crippen molar-refractivity contribution in [1.82, 2.24) is 0 Å². The van der Waals surface area contributed by atoms with E-state index in [1.807, 2.05) is 0 Å². The Morgan fingerprint density at radius 2 is 1.53 bits per heavy atom. The first-order valence-corrected chi connectivity index (χ1v) is 16.7. The Labute approximate surface area is 309 Å². The lowest BCUT2D eigenvalue weighted by Gasteiger charge is -2.27. The highest BCUT2D eigenvalue weighted by Gasteiger charge is 2.67. The highest BCUT2D eigenvalue weighted by Crippen LogP contribution is 2.65. The fourth-order valence-corrected chi connectivity index (χ4v) is 6.54. The zero-order valence-electron chi connectivity index (χ0n) is 27.4. The Balaban J connectivity index is 1.40. The van der Waals surface area contributed by atoms with Gasteiger partial charge in [-0.2, -0.15) is 4.90 Å². The van der Waals surface area contributed by atoms with E-state index in [9.17, 15) is 28.0 Å². The van der Waals surface area contributed by atoms with Crippen LogP contribution in [0.15, 0.2) is 42.5 Å². The predicted octanol–water partition coefficient (Wildman–Crippen LogP) is 10.0. The number of hydrogen-bond acceptors (Lipinski definition) is 6. The topological polar surface area (TPSA) is 114 Å². The van der Waals surface area contributed by atoms with Crippen LogP contribution in [0.2, 0.25) is 10.0 Å². The summed E-state index contributed by atoms with van der Waals surface area (Å²) in [5, 5.41) is 3.57. The second-order valence-electron chi connectivity index (χ2n) is 13.5. The van der Waals surface area contributed by atoms with Crippen LogP contribution in [-0.2, 0) is 14.3 Å². The first-order valence-electron chi connectivity index (χ1n) is 15.2. The number of alkyl halides is 2. The zero-order valence-corrected chi connectivity index (χ0v) is 30.4. The molecule has 51 heavy (non-hydrogen) atoms. The van der Waals surface area contributed by atoms with Gasteiger partial charge in [-0.15, -0.1) is 23.2 Å². The van der Waals surface area contributed by atoms with Gasteiger partial charge in [0.1, 0.15) is 33.0 Å². The van der Waals surface area contributed by atoms with Crippen LogP contribution in [0.25, 0.3) is 0 Å². The van der Waals surface area contributed by atoms with E-state index in [1.165, 1.54) is 32.9 Å². The molecule has 3 aromatic rings. The lowest BCUT2D eigenvalue weighted by Crippen LogP contribution is -2.43. The van der Waals surface area contributed by atoms with Crippen molar-refractivity contribution in [3.05, 3.63) is 86.9 Å². The van der Waals surface area contributed by atoms with Crippen LogP contribution in [-0.4, -0.2) is 39.5 Å². The van der Waals surface area contributed by atoms with Crippen LogP contribution in [0.4, 0.5) is 44.2 Å². The van der Waals surface area contributed by atoms with Crippen LogP contribution in [0.5, 0.6) is 0 Å². The van der Waals surface area contributed by atoms with E-state index in [4.69, 9.17) is 55.9 Å². The summed E-state index contributed by atoms with van der Waals surface area (Å²) in [5.41, 5.74) is -4.18. The molecule has 0 aliphatic heterocycles. The van der Waals surface area contributed by atoms with E-state index < -0.39 is 96.6 Å². The minimum atomic E-state index is -1.64. The van der Waals surface area contributed by atoms with Gasteiger partial charge >= 0.3 is 12.2 Å². The van der Waals surface area contributed by atoms with Gasteiger partial charge in [-0.1, -0.05) is 36.2 Å². The fraction of sp³-hybridized carbons (Fsp3) is 0.353. The van der Waals surface area contributed by atoms with Crippen LogP contribution < -0.4 is 15.5 Å². The van der Waals surface area contributed by atoms with Crippen LogP contribution in [0, 0.1) is 35.1 Å². The summed E-state index contributed by atoms with van der Waals surface area (Å²) in [4.78, 5) is 53.1. The quantitative estimate of drug-likeness (QED) is 0.182. The molecule has 4 amide bonds. The van der Waals surface area contributed by atoms with E-state index in [0.717, 1.165) is 18.2 Å². The van der Waals surface area contributed by atoms with E-state index in [0.29, 0.717) is 24.1 Å². The van der Waals surface area contributed by atoms with E-state index in [2.05, 4.69) is 10.6 Å². The molecular formula is C34H29Cl4F4N3O6. The molecule has 17 heteroatoms. The maximum absolute atomic E-state index is 15.2. The third-order valence-electron chi connectivity index (χ3n) is 8.38. The average Bonchev–Trinajstić information content (AvgIpc) is 3.81. The maximum atomic E-state index is 15.2. The molecule has 4 atom stereocenters. The number of anilines is 3. The van der Waals surface area contributed by atoms with Crippen molar-refractivity contribution in [2.75, 3.05) is 15.5 Å². The van der Waals surface area contributed by atoms with Gasteiger partial charge in [0.25, 0.3) is 5.91 Å². The second-order valence-corrected chi connectivity index (χ2v) is 15.7. The van der Waals surface area contributed by atoms with Crippen LogP contribution in [0.1, 0.15) is 62.9 Å². The highest BCUT2D eigenvalue weighted by atomic mass is 35.5. The molecule has 0 aromatic heterocycles. The van der Waals surface area contributed by atoms with Crippen molar-refractivity contribution in [1.29, 1.82) is 0 Å². The Bertz CT molecular complexity index is 1980. The molecule has 0 bridgehead atoms. The molecule has 2 aliphatic carbocycles. The number of rotatable bonds is 7. The average molecular weight is 793 g/mol. The Morgan fingerprint density at radius 1 is 0.882 bits per heavy atom. The van der Waals surface area contributed by atoms with Gasteiger partial charge in [0.05, 0.1) is 32.9 Å². The largest absolute Gasteiger partial charge is 0.443 e. The van der Waals surface area contributed by atoms with E-state index >= 15 is 8.78 Å². The second kappa shape index (κ2) is 13.6. The number of imide groups is 1. The molecule has 3 aromatic carbocycles. The van der Waals surface area contributed by atoms with Gasteiger partial charge in [-0.3, -0.25) is 9.59 Å². The number of amides is 4. The molecule has 272 valence electrons. The molecule has 0 heterocycles. The van der Waals surface area contributed by atoms with Gasteiger partial charge in [0, 0.05) is 17.7 Å². The van der Waals surface area contributed by atoms with E-state index in [-0.39, 0.29) is 21.5 Å². The monoisotopic (exact) mass is 791 g/mol. The summed E-state index contributed by atoms with van der Waals surface area (Å²) in [6, 6.07) is 6.43. The molecule has 2 aliphatic rings. The molecule has 2 unspecified atom stereocenters. The Hall–Kier alpha value is -3.78. The van der Waals surface area contributed by atoms with Gasteiger partial charge in [-0.05, 0) is 75.9 Å². The first kappa shape index (κ1) is 38.5. The maximum Gasteiger partial charge on any atom is 0.424 e. The van der Waals surface area contributed by atoms with Crippen LogP contribution >= 0.6 is 46.4 Å². The molecule has 9 nitrogen and oxygen atoms in total. The van der Waals surface area contributed by atoms with Crippen molar-refractivity contribution < 1.29 is 46.2 Å². The number of nitrogens with one attached hydrogen (secondary N) is 2. The number of hydrogen-bond donors (Lipinski definition) is 2. The Kier molecular flexibility index (Phi) is 10.3. The minimum Gasteiger partial charge on any atom is -0.443 e. The predicted molar refractivity (Wildman–Crippen MR) is 184 cm³/mol. The smallest absolute Gasteiger partial charge is 0.424 e. The van der Waals surface area contributed by atoms with E-state index in [1.54, 1.807) is 13.8 Å². The van der Waals surface area contributed by atoms with Gasteiger partial charge in [-0.25, -0.2) is 27.2 Å². The number of ether oxygens (including phenoxy) is 2. The SMILES string of the molecule is CC1CC1(C)OC(=O)N(C(=O)OC(C)(C)C)c1cc(NC(=O)c2cc(NC(=O)[C@H]3[C@H](c4ccc(F)c(Cl)c4)C3(Cl)Cl)cc(F)c2Cl)c(F)cc1F. The standard InChI is InChI=1S/C34H29Cl4F4N3O6/c1-14-13-33(14,5)51-31(49)45(30(48)50-32(2,3)4)24-12-23(20(40)11-21(24)41)44-28(46)17-9-16(10-22(42)27(17)36)43-29(47)26-25(34(26,37)38)15-6-7-19(39)18(35)8-15/h6-12,14,25-26H,13H2,1-5H3,(H,43,47)(H,44,46)/t14?,25-,26+,33?/m0/s1. The molecule has 5 rings (SSSR count). The fourth-order valence-electron chi connectivity index (χ4n) is 5.33. The minimum absolute atomic E-state index is 0.0624. The van der Waals surface area contributed by atoms with Crippen molar-refractivity contribution in [2.45, 2.75) is 62.5 Å². The summed E-state index contributed by atoms with van der Waals surface area (Å²) >= 11 is 24.6. The number of carbonyl (C=O) groups is 4. The summed E-state index contributed by atoms with van der Waals surface area (Å²) in [6.07, 6.45) is -2.20. The number of halogens is 8. The Morgan fingerprint density at radius 3 is 2.12 bits per heavy atom. The van der Waals surface area contributed by atoms with Crippen molar-refractivity contribution >= 4 is 87.5 Å². The van der Waals surface area contributed by atoms with Crippen molar-refractivity contribution in [3.63, 3.8) is 0 Å². The summed E-state index contributed by atoms with van der Waals surface area (Å²) in [6.45, 7) is 7.90. The third-order valence-corrected chi connectivity index (χ3v) is 9.99. The molecule has 2 N–H and O–H groups in total. The van der Waals surface area contributed by atoms with Gasteiger partial charge in [0.2, 0.25) is 5.91 Å². The normalized spacial score (nSPS) is 21.7. The van der Waals surface area contributed by atoms with Gasteiger partial charge in [0.15, 0.2) is 5.82 Å². The molecule has 0 saturated heterocycles. The summed E-state index contributed by atoms with van der Waals surface area (Å²) in [7, 11) is 0. The van der Waals surface area contributed by atoms with Gasteiger partial charge < -0.3 is 20.1 Å². The molecule has 0 radical (unpaired) electrons. The molecular weight excluding hydrogens is 764 g/mol. The number of benzene rings is 3. The van der Waals surface area contributed by atoms with Crippen molar-refractivity contribution in [3.8, 4) is 0 Å². The third kappa shape index (κ3) is 8.01. The molecule has 0 spiro atoms. The lowest BCUT2D eigenvalue weighted by molar-refractivity contribution is -0.117. The summed E-state index contributed by atoms with van der Waals surface area (Å²) in [5.74, 6) is -8.59. The zero-order chi connectivity index (χ0) is 38.0. The number of nitrogens with zero attached hydrogens (tertiary/aromatic N) is 1.